The molecule has 0 aliphatic heterocycles. The number of hydrogen-bond acceptors (Lipinski definition) is 2. The van der Waals surface area contributed by atoms with Gasteiger partial charge < -0.3 is 5.11 Å². The van der Waals surface area contributed by atoms with E-state index in [1.807, 2.05) is 30.3 Å². The lowest BCUT2D eigenvalue weighted by Gasteiger charge is -2.12. The highest BCUT2D eigenvalue weighted by Crippen LogP contribution is 2.34. The van der Waals surface area contributed by atoms with E-state index in [0.717, 1.165) is 20.5 Å². The SMILES string of the molecule is Cc1cc(C(O)c2cc3ccccc3s2)cc(C)c1F. The maximum atomic E-state index is 13.7. The topological polar surface area (TPSA) is 20.2 Å². The number of thiophene rings is 1. The maximum absolute atomic E-state index is 13.7. The van der Waals surface area contributed by atoms with Crippen LogP contribution < -0.4 is 0 Å². The lowest BCUT2D eigenvalue weighted by atomic mass is 10.0. The predicted molar refractivity (Wildman–Crippen MR) is 81.8 cm³/mol. The molecule has 2 aromatic carbocycles. The quantitative estimate of drug-likeness (QED) is 0.721. The molecule has 1 nitrogen and oxygen atoms in total. The van der Waals surface area contributed by atoms with Crippen molar-refractivity contribution in [3.63, 3.8) is 0 Å². The number of benzene rings is 2. The number of fused-ring (bicyclic) bond motifs is 1. The highest BCUT2D eigenvalue weighted by atomic mass is 32.1. The van der Waals surface area contributed by atoms with E-state index < -0.39 is 6.10 Å². The first kappa shape index (κ1) is 13.3. The molecular formula is C17H15FOS. The molecule has 0 saturated carbocycles. The van der Waals surface area contributed by atoms with Gasteiger partial charge in [0.1, 0.15) is 11.9 Å². The van der Waals surface area contributed by atoms with E-state index in [-0.39, 0.29) is 5.82 Å². The Morgan fingerprint density at radius 2 is 1.70 bits per heavy atom. The van der Waals surface area contributed by atoms with Gasteiger partial charge >= 0.3 is 0 Å². The largest absolute Gasteiger partial charge is 0.383 e. The number of aliphatic hydroxyl groups excluding tert-OH is 1. The third-order valence-electron chi connectivity index (χ3n) is 3.49. The predicted octanol–water partition coefficient (Wildman–Crippen LogP) is 4.74. The van der Waals surface area contributed by atoms with Crippen LogP contribution >= 0.6 is 11.3 Å². The second-order valence-corrected chi connectivity index (χ2v) is 6.17. The Bertz CT molecular complexity index is 720. The summed E-state index contributed by atoms with van der Waals surface area (Å²) in [7, 11) is 0. The van der Waals surface area contributed by atoms with Crippen LogP contribution in [0.5, 0.6) is 0 Å². The molecular weight excluding hydrogens is 271 g/mol. The Morgan fingerprint density at radius 1 is 1.05 bits per heavy atom. The van der Waals surface area contributed by atoms with E-state index in [4.69, 9.17) is 0 Å². The van der Waals surface area contributed by atoms with Crippen molar-refractivity contribution in [1.29, 1.82) is 0 Å². The maximum Gasteiger partial charge on any atom is 0.129 e. The van der Waals surface area contributed by atoms with Crippen LogP contribution in [0.4, 0.5) is 4.39 Å². The molecule has 0 spiro atoms. The first-order valence-electron chi connectivity index (χ1n) is 6.49. The normalized spacial score (nSPS) is 12.8. The molecule has 3 heteroatoms. The second kappa shape index (κ2) is 5.00. The van der Waals surface area contributed by atoms with E-state index in [9.17, 15) is 9.50 Å². The molecule has 0 amide bonds. The fourth-order valence-corrected chi connectivity index (χ4v) is 3.52. The molecule has 0 fully saturated rings. The first-order valence-corrected chi connectivity index (χ1v) is 7.31. The van der Waals surface area contributed by atoms with E-state index in [1.54, 1.807) is 37.3 Å². The molecule has 1 atom stereocenters. The van der Waals surface area contributed by atoms with E-state index in [2.05, 4.69) is 0 Å². The Labute approximate surface area is 121 Å². The zero-order chi connectivity index (χ0) is 14.3. The number of aryl methyl sites for hydroxylation is 2. The van der Waals surface area contributed by atoms with Gasteiger partial charge in [0.15, 0.2) is 0 Å². The van der Waals surface area contributed by atoms with Gasteiger partial charge in [0.25, 0.3) is 0 Å². The summed E-state index contributed by atoms with van der Waals surface area (Å²) in [6.07, 6.45) is -0.703. The van der Waals surface area contributed by atoms with E-state index >= 15 is 0 Å². The van der Waals surface area contributed by atoms with Crippen molar-refractivity contribution in [2.45, 2.75) is 20.0 Å². The summed E-state index contributed by atoms with van der Waals surface area (Å²) in [4.78, 5) is 0.886. The van der Waals surface area contributed by atoms with Crippen molar-refractivity contribution in [2.24, 2.45) is 0 Å². The van der Waals surface area contributed by atoms with Gasteiger partial charge in [0, 0.05) is 9.58 Å². The van der Waals surface area contributed by atoms with E-state index in [0.29, 0.717) is 11.1 Å². The minimum atomic E-state index is -0.703. The van der Waals surface area contributed by atoms with Crippen molar-refractivity contribution >= 4 is 21.4 Å². The summed E-state index contributed by atoms with van der Waals surface area (Å²) in [5.41, 5.74) is 1.88. The summed E-state index contributed by atoms with van der Waals surface area (Å²) in [5, 5.41) is 11.6. The number of hydrogen-bond donors (Lipinski definition) is 1. The molecule has 0 aliphatic rings. The van der Waals surface area contributed by atoms with Crippen LogP contribution in [0.2, 0.25) is 0 Å². The van der Waals surface area contributed by atoms with Gasteiger partial charge in [-0.05, 0) is 48.1 Å². The molecule has 0 saturated heterocycles. The lowest BCUT2D eigenvalue weighted by Crippen LogP contribution is -2.00. The third kappa shape index (κ3) is 2.23. The average molecular weight is 286 g/mol. The van der Waals surface area contributed by atoms with Gasteiger partial charge in [0.05, 0.1) is 0 Å². The molecule has 20 heavy (non-hydrogen) atoms. The van der Waals surface area contributed by atoms with Crippen LogP contribution in [0.15, 0.2) is 42.5 Å². The molecule has 0 radical (unpaired) electrons. The zero-order valence-corrected chi connectivity index (χ0v) is 12.2. The van der Waals surface area contributed by atoms with Crippen LogP contribution in [-0.2, 0) is 0 Å². The Balaban J connectivity index is 2.05. The Morgan fingerprint density at radius 3 is 2.35 bits per heavy atom. The fourth-order valence-electron chi connectivity index (χ4n) is 2.44. The zero-order valence-electron chi connectivity index (χ0n) is 11.4. The van der Waals surface area contributed by atoms with Crippen LogP contribution in [0.1, 0.15) is 27.7 Å². The molecule has 3 aromatic rings. The van der Waals surface area contributed by atoms with Crippen LogP contribution in [0.3, 0.4) is 0 Å². The van der Waals surface area contributed by atoms with Gasteiger partial charge in [0.2, 0.25) is 0 Å². The average Bonchev–Trinajstić information content (AvgIpc) is 2.87. The van der Waals surface area contributed by atoms with Crippen LogP contribution in [0, 0.1) is 19.7 Å². The first-order chi connectivity index (χ1) is 9.56. The van der Waals surface area contributed by atoms with Crippen molar-refractivity contribution < 1.29 is 9.50 Å². The minimum absolute atomic E-state index is 0.197. The van der Waals surface area contributed by atoms with Crippen LogP contribution in [-0.4, -0.2) is 5.11 Å². The van der Waals surface area contributed by atoms with Gasteiger partial charge in [-0.3, -0.25) is 0 Å². The minimum Gasteiger partial charge on any atom is -0.383 e. The molecule has 1 aromatic heterocycles. The molecule has 102 valence electrons. The van der Waals surface area contributed by atoms with Crippen LogP contribution in [0.25, 0.3) is 10.1 Å². The molecule has 1 unspecified atom stereocenters. The second-order valence-electron chi connectivity index (χ2n) is 5.06. The Kier molecular flexibility index (Phi) is 3.32. The summed E-state index contributed by atoms with van der Waals surface area (Å²) in [6.45, 7) is 3.45. The monoisotopic (exact) mass is 286 g/mol. The van der Waals surface area contributed by atoms with Gasteiger partial charge in [-0.15, -0.1) is 11.3 Å². The molecule has 0 bridgehead atoms. The van der Waals surface area contributed by atoms with Crippen molar-refractivity contribution in [2.75, 3.05) is 0 Å². The Hall–Kier alpha value is -1.71. The van der Waals surface area contributed by atoms with E-state index in [1.165, 1.54) is 0 Å². The molecule has 0 aliphatic carbocycles. The number of halogens is 1. The summed E-state index contributed by atoms with van der Waals surface area (Å²) in [6, 6.07) is 13.5. The molecule has 1 heterocycles. The molecule has 1 N–H and O–H groups in total. The van der Waals surface area contributed by atoms with Gasteiger partial charge in [-0.25, -0.2) is 4.39 Å². The van der Waals surface area contributed by atoms with Gasteiger partial charge in [-0.1, -0.05) is 30.3 Å². The number of rotatable bonds is 2. The van der Waals surface area contributed by atoms with Crippen molar-refractivity contribution in [3.8, 4) is 0 Å². The standard InChI is InChI=1S/C17H15FOS/c1-10-7-13(8-11(2)16(10)18)17(19)15-9-12-5-3-4-6-14(12)20-15/h3-9,17,19H,1-2H3. The number of aliphatic hydroxyl groups is 1. The highest BCUT2D eigenvalue weighted by Gasteiger charge is 2.16. The highest BCUT2D eigenvalue weighted by molar-refractivity contribution is 7.19. The molecule has 3 rings (SSSR count). The fraction of sp³-hybridized carbons (Fsp3) is 0.176. The summed E-state index contributed by atoms with van der Waals surface area (Å²) >= 11 is 1.57. The lowest BCUT2D eigenvalue weighted by molar-refractivity contribution is 0.224. The summed E-state index contributed by atoms with van der Waals surface area (Å²) < 4.78 is 14.8. The van der Waals surface area contributed by atoms with Gasteiger partial charge in [-0.2, -0.15) is 0 Å². The third-order valence-corrected chi connectivity index (χ3v) is 4.66. The summed E-state index contributed by atoms with van der Waals surface area (Å²) in [5.74, 6) is -0.197. The van der Waals surface area contributed by atoms with Crippen molar-refractivity contribution in [3.05, 3.63) is 69.8 Å². The van der Waals surface area contributed by atoms with Crippen molar-refractivity contribution in [1.82, 2.24) is 0 Å². The smallest absolute Gasteiger partial charge is 0.129 e.